The van der Waals surface area contributed by atoms with Crippen LogP contribution in [0.15, 0.2) is 23.1 Å². The SMILES string of the molecule is CC1OCCC1(C)NS(=O)(=O)c1c(N)cccc1F. The zero-order valence-corrected chi connectivity index (χ0v) is 11.6. The van der Waals surface area contributed by atoms with Crippen LogP contribution in [-0.2, 0) is 14.8 Å². The van der Waals surface area contributed by atoms with E-state index in [0.717, 1.165) is 6.07 Å². The Morgan fingerprint density at radius 1 is 1.53 bits per heavy atom. The number of anilines is 1. The van der Waals surface area contributed by atoms with Gasteiger partial charge in [-0.2, -0.15) is 0 Å². The van der Waals surface area contributed by atoms with Crippen molar-refractivity contribution in [3.8, 4) is 0 Å². The molecule has 1 saturated heterocycles. The second-order valence-corrected chi connectivity index (χ2v) is 6.56. The molecule has 1 aromatic carbocycles. The smallest absolute Gasteiger partial charge is 0.246 e. The molecule has 19 heavy (non-hydrogen) atoms. The van der Waals surface area contributed by atoms with Crippen molar-refractivity contribution < 1.29 is 17.5 Å². The predicted octanol–water partition coefficient (Wildman–Crippen LogP) is 1.25. The lowest BCUT2D eigenvalue weighted by Crippen LogP contribution is -2.50. The van der Waals surface area contributed by atoms with Crippen LogP contribution >= 0.6 is 0 Å². The third kappa shape index (κ3) is 2.58. The van der Waals surface area contributed by atoms with Crippen molar-refractivity contribution in [2.75, 3.05) is 12.3 Å². The number of ether oxygens (including phenoxy) is 1. The molecule has 3 N–H and O–H groups in total. The maximum Gasteiger partial charge on any atom is 0.246 e. The zero-order valence-electron chi connectivity index (χ0n) is 10.8. The minimum Gasteiger partial charge on any atom is -0.398 e. The van der Waals surface area contributed by atoms with E-state index in [0.29, 0.717) is 13.0 Å². The molecule has 0 aliphatic carbocycles. The zero-order chi connectivity index (χ0) is 14.3. The third-order valence-corrected chi connectivity index (χ3v) is 5.22. The van der Waals surface area contributed by atoms with Gasteiger partial charge in [0.1, 0.15) is 10.7 Å². The number of nitrogens with one attached hydrogen (secondary N) is 1. The van der Waals surface area contributed by atoms with E-state index in [1.165, 1.54) is 12.1 Å². The Kier molecular flexibility index (Phi) is 3.55. The van der Waals surface area contributed by atoms with Gasteiger partial charge in [0.05, 0.1) is 17.3 Å². The van der Waals surface area contributed by atoms with Crippen LogP contribution in [-0.4, -0.2) is 26.7 Å². The Hall–Kier alpha value is -1.18. The highest BCUT2D eigenvalue weighted by molar-refractivity contribution is 7.89. The van der Waals surface area contributed by atoms with Crippen LogP contribution in [0.2, 0.25) is 0 Å². The van der Waals surface area contributed by atoms with Gasteiger partial charge in [-0.25, -0.2) is 17.5 Å². The van der Waals surface area contributed by atoms with E-state index in [1.807, 2.05) is 0 Å². The number of benzene rings is 1. The molecule has 7 heteroatoms. The lowest BCUT2D eigenvalue weighted by molar-refractivity contribution is 0.0957. The molecule has 1 aliphatic heterocycles. The number of sulfonamides is 1. The van der Waals surface area contributed by atoms with Crippen molar-refractivity contribution in [1.82, 2.24) is 4.72 Å². The largest absolute Gasteiger partial charge is 0.398 e. The van der Waals surface area contributed by atoms with Crippen molar-refractivity contribution in [1.29, 1.82) is 0 Å². The first kappa shape index (κ1) is 14.2. The van der Waals surface area contributed by atoms with E-state index in [9.17, 15) is 12.8 Å². The Morgan fingerprint density at radius 2 is 2.21 bits per heavy atom. The van der Waals surface area contributed by atoms with Crippen molar-refractivity contribution in [3.05, 3.63) is 24.0 Å². The summed E-state index contributed by atoms with van der Waals surface area (Å²) in [6.07, 6.45) is 0.247. The van der Waals surface area contributed by atoms with Crippen LogP contribution < -0.4 is 10.5 Å². The standard InChI is InChI=1S/C12H17FN2O3S/c1-8-12(2,6-7-18-8)15-19(16,17)11-9(13)4-3-5-10(11)14/h3-5,8,15H,6-7,14H2,1-2H3. The molecular formula is C12H17FN2O3S. The van der Waals surface area contributed by atoms with E-state index >= 15 is 0 Å². The number of hydrogen-bond donors (Lipinski definition) is 2. The highest BCUT2D eigenvalue weighted by atomic mass is 32.2. The summed E-state index contributed by atoms with van der Waals surface area (Å²) >= 11 is 0. The molecule has 106 valence electrons. The van der Waals surface area contributed by atoms with Gasteiger partial charge < -0.3 is 10.5 Å². The summed E-state index contributed by atoms with van der Waals surface area (Å²) in [5.41, 5.74) is 4.70. The van der Waals surface area contributed by atoms with Gasteiger partial charge in [0, 0.05) is 6.61 Å². The molecule has 2 unspecified atom stereocenters. The molecule has 0 saturated carbocycles. The Bertz CT molecular complexity index is 570. The summed E-state index contributed by atoms with van der Waals surface area (Å²) < 4.78 is 46.2. The molecule has 0 bridgehead atoms. The van der Waals surface area contributed by atoms with Gasteiger partial charge in [0.25, 0.3) is 0 Å². The Morgan fingerprint density at radius 3 is 2.74 bits per heavy atom. The molecule has 1 fully saturated rings. The molecule has 5 nitrogen and oxygen atoms in total. The first-order valence-electron chi connectivity index (χ1n) is 5.96. The van der Waals surface area contributed by atoms with E-state index in [-0.39, 0.29) is 11.8 Å². The molecular weight excluding hydrogens is 271 g/mol. The summed E-state index contributed by atoms with van der Waals surface area (Å²) in [6, 6.07) is 3.79. The molecule has 1 aliphatic rings. The van der Waals surface area contributed by atoms with Crippen molar-refractivity contribution >= 4 is 15.7 Å². The molecule has 1 aromatic rings. The summed E-state index contributed by atoms with van der Waals surface area (Å²) in [6.45, 7) is 3.98. The molecule has 0 radical (unpaired) electrons. The fourth-order valence-corrected chi connectivity index (χ4v) is 3.82. The van der Waals surface area contributed by atoms with E-state index in [4.69, 9.17) is 10.5 Å². The Balaban J connectivity index is 2.39. The van der Waals surface area contributed by atoms with Crippen LogP contribution in [0.3, 0.4) is 0 Å². The summed E-state index contributed by atoms with van der Waals surface area (Å²) in [7, 11) is -4.03. The summed E-state index contributed by atoms with van der Waals surface area (Å²) in [5.74, 6) is -0.859. The fourth-order valence-electron chi connectivity index (χ4n) is 2.14. The molecule has 0 aromatic heterocycles. The topological polar surface area (TPSA) is 81.4 Å². The quantitative estimate of drug-likeness (QED) is 0.820. The Labute approximate surface area is 112 Å². The molecule has 2 atom stereocenters. The van der Waals surface area contributed by atoms with E-state index in [1.54, 1.807) is 13.8 Å². The predicted molar refractivity (Wildman–Crippen MR) is 69.6 cm³/mol. The maximum atomic E-state index is 13.7. The average Bonchev–Trinajstić information content (AvgIpc) is 2.57. The number of nitrogen functional groups attached to an aromatic ring is 1. The van der Waals surface area contributed by atoms with Gasteiger partial charge >= 0.3 is 0 Å². The van der Waals surface area contributed by atoms with Gasteiger partial charge in [-0.05, 0) is 32.4 Å². The number of halogens is 1. The first-order chi connectivity index (χ1) is 8.76. The number of rotatable bonds is 3. The highest BCUT2D eigenvalue weighted by Crippen LogP contribution is 2.29. The van der Waals surface area contributed by atoms with Crippen molar-refractivity contribution in [2.45, 2.75) is 36.8 Å². The molecule has 2 rings (SSSR count). The molecule has 1 heterocycles. The van der Waals surface area contributed by atoms with Gasteiger partial charge in [-0.3, -0.25) is 0 Å². The minimum absolute atomic E-state index is 0.109. The summed E-state index contributed by atoms with van der Waals surface area (Å²) in [4.78, 5) is -0.504. The summed E-state index contributed by atoms with van der Waals surface area (Å²) in [5, 5.41) is 0. The molecule has 0 amide bonds. The van der Waals surface area contributed by atoms with Crippen molar-refractivity contribution in [3.63, 3.8) is 0 Å². The van der Waals surface area contributed by atoms with Gasteiger partial charge in [-0.15, -0.1) is 0 Å². The van der Waals surface area contributed by atoms with Crippen molar-refractivity contribution in [2.24, 2.45) is 0 Å². The fraction of sp³-hybridized carbons (Fsp3) is 0.500. The average molecular weight is 288 g/mol. The number of hydrogen-bond acceptors (Lipinski definition) is 4. The molecule has 0 spiro atoms. The monoisotopic (exact) mass is 288 g/mol. The van der Waals surface area contributed by atoms with Crippen LogP contribution in [0, 0.1) is 5.82 Å². The highest BCUT2D eigenvalue weighted by Gasteiger charge is 2.41. The first-order valence-corrected chi connectivity index (χ1v) is 7.44. The minimum atomic E-state index is -4.03. The second-order valence-electron chi connectivity index (χ2n) is 4.94. The maximum absolute atomic E-state index is 13.7. The second kappa shape index (κ2) is 4.73. The lowest BCUT2D eigenvalue weighted by atomic mass is 9.97. The third-order valence-electron chi connectivity index (χ3n) is 3.52. The lowest BCUT2D eigenvalue weighted by Gasteiger charge is -2.28. The normalized spacial score (nSPS) is 27.6. The van der Waals surface area contributed by atoms with Gasteiger partial charge in [0.15, 0.2) is 0 Å². The van der Waals surface area contributed by atoms with Crippen LogP contribution in [0.25, 0.3) is 0 Å². The van der Waals surface area contributed by atoms with Crippen LogP contribution in [0.1, 0.15) is 20.3 Å². The van der Waals surface area contributed by atoms with Crippen LogP contribution in [0.4, 0.5) is 10.1 Å². The van der Waals surface area contributed by atoms with Crippen LogP contribution in [0.5, 0.6) is 0 Å². The van der Waals surface area contributed by atoms with E-state index < -0.39 is 26.3 Å². The number of nitrogens with two attached hydrogens (primary N) is 1. The van der Waals surface area contributed by atoms with Gasteiger partial charge in [0.2, 0.25) is 10.0 Å². The van der Waals surface area contributed by atoms with E-state index in [2.05, 4.69) is 4.72 Å². The van der Waals surface area contributed by atoms with Gasteiger partial charge in [-0.1, -0.05) is 6.07 Å².